The molecule has 0 aliphatic carbocycles. The molecule has 1 aromatic carbocycles. The van der Waals surface area contributed by atoms with Gasteiger partial charge in [-0.3, -0.25) is 4.79 Å². The quantitative estimate of drug-likeness (QED) is 0.922. The fourth-order valence-corrected chi connectivity index (χ4v) is 4.64. The third-order valence-electron chi connectivity index (χ3n) is 3.90. The van der Waals surface area contributed by atoms with Gasteiger partial charge in [-0.1, -0.05) is 13.0 Å². The van der Waals surface area contributed by atoms with E-state index in [1.54, 1.807) is 13.8 Å². The van der Waals surface area contributed by atoms with Crippen LogP contribution in [0.25, 0.3) is 0 Å². The zero-order valence-corrected chi connectivity index (χ0v) is 12.7. The minimum Gasteiger partial charge on any atom is -0.481 e. The summed E-state index contributed by atoms with van der Waals surface area (Å²) in [5, 5.41) is 9.16. The van der Waals surface area contributed by atoms with Gasteiger partial charge in [0.1, 0.15) is 10.7 Å². The lowest BCUT2D eigenvalue weighted by molar-refractivity contribution is -0.142. The van der Waals surface area contributed by atoms with E-state index in [-0.39, 0.29) is 13.0 Å². The second-order valence-corrected chi connectivity index (χ2v) is 7.12. The van der Waals surface area contributed by atoms with Crippen LogP contribution in [0, 0.1) is 18.7 Å². The molecule has 0 saturated carbocycles. The number of benzene rings is 1. The average molecular weight is 315 g/mol. The number of carbonyl (C=O) groups is 1. The highest BCUT2D eigenvalue weighted by Gasteiger charge is 2.44. The van der Waals surface area contributed by atoms with Gasteiger partial charge in [0.2, 0.25) is 10.0 Å². The van der Waals surface area contributed by atoms with Gasteiger partial charge in [-0.05, 0) is 37.5 Å². The van der Waals surface area contributed by atoms with Crippen molar-refractivity contribution in [2.24, 2.45) is 5.92 Å². The molecule has 0 aromatic heterocycles. The van der Waals surface area contributed by atoms with Crippen molar-refractivity contribution in [2.45, 2.75) is 37.6 Å². The maximum Gasteiger partial charge on any atom is 0.308 e. The Morgan fingerprint density at radius 2 is 2.14 bits per heavy atom. The molecule has 1 aliphatic rings. The molecule has 2 atom stereocenters. The zero-order valence-electron chi connectivity index (χ0n) is 11.9. The molecule has 0 bridgehead atoms. The summed E-state index contributed by atoms with van der Waals surface area (Å²) in [6, 6.07) is 3.30. The Hall–Kier alpha value is -1.47. The minimum atomic E-state index is -4.02. The predicted octanol–water partition coefficient (Wildman–Crippen LogP) is 2.01. The van der Waals surface area contributed by atoms with Gasteiger partial charge in [0.25, 0.3) is 0 Å². The predicted molar refractivity (Wildman–Crippen MR) is 74.9 cm³/mol. The molecule has 1 fully saturated rings. The molecule has 1 saturated heterocycles. The number of carboxylic acid groups (broad SMARTS) is 1. The normalized spacial score (nSPS) is 23.4. The summed E-state index contributed by atoms with van der Waals surface area (Å²) < 4.78 is 40.3. The van der Waals surface area contributed by atoms with E-state index in [1.165, 1.54) is 18.2 Å². The maximum atomic E-state index is 14.0. The summed E-state index contributed by atoms with van der Waals surface area (Å²) in [6.07, 6.45) is 0.629. The highest BCUT2D eigenvalue weighted by Crippen LogP contribution is 2.33. The number of hydrogen-bond acceptors (Lipinski definition) is 3. The molecule has 0 radical (unpaired) electrons. The van der Waals surface area contributed by atoms with E-state index in [9.17, 15) is 17.6 Å². The van der Waals surface area contributed by atoms with Crippen LogP contribution >= 0.6 is 0 Å². The standard InChI is InChI=1S/C14H18FNO4S/c1-3-12-10(14(17)18)6-7-16(12)21(19,20)13-5-4-9(2)8-11(13)15/h4-5,8,10,12H,3,6-7H2,1-2H3,(H,17,18). The number of nitrogens with zero attached hydrogens (tertiary/aromatic N) is 1. The van der Waals surface area contributed by atoms with Crippen LogP contribution in [0.2, 0.25) is 0 Å². The highest BCUT2D eigenvalue weighted by atomic mass is 32.2. The van der Waals surface area contributed by atoms with E-state index < -0.39 is 38.7 Å². The lowest BCUT2D eigenvalue weighted by Gasteiger charge is -2.25. The first-order chi connectivity index (χ1) is 9.78. The Morgan fingerprint density at radius 3 is 2.67 bits per heavy atom. The Labute approximate surface area is 123 Å². The minimum absolute atomic E-state index is 0.102. The van der Waals surface area contributed by atoms with Crippen LogP contribution in [-0.2, 0) is 14.8 Å². The first-order valence-corrected chi connectivity index (χ1v) is 8.23. The van der Waals surface area contributed by atoms with Crippen molar-refractivity contribution >= 4 is 16.0 Å². The fourth-order valence-electron chi connectivity index (χ4n) is 2.84. The van der Waals surface area contributed by atoms with Crippen LogP contribution in [0.1, 0.15) is 25.3 Å². The van der Waals surface area contributed by atoms with Crippen molar-refractivity contribution in [3.8, 4) is 0 Å². The van der Waals surface area contributed by atoms with Gasteiger partial charge < -0.3 is 5.11 Å². The summed E-state index contributed by atoms with van der Waals surface area (Å²) in [5.74, 6) is -2.55. The Kier molecular flexibility index (Phi) is 4.34. The zero-order chi connectivity index (χ0) is 15.8. The molecule has 1 aliphatic heterocycles. The third kappa shape index (κ3) is 2.80. The molecule has 116 valence electrons. The monoisotopic (exact) mass is 315 g/mol. The van der Waals surface area contributed by atoms with Crippen molar-refractivity contribution in [2.75, 3.05) is 6.54 Å². The summed E-state index contributed by atoms with van der Waals surface area (Å²) in [5.41, 5.74) is 0.628. The maximum absolute atomic E-state index is 14.0. The Bertz CT molecular complexity index is 659. The smallest absolute Gasteiger partial charge is 0.308 e. The number of aryl methyl sites for hydroxylation is 1. The van der Waals surface area contributed by atoms with Crippen molar-refractivity contribution in [3.63, 3.8) is 0 Å². The van der Waals surface area contributed by atoms with E-state index in [4.69, 9.17) is 5.11 Å². The first kappa shape index (κ1) is 15.9. The molecule has 1 aromatic rings. The van der Waals surface area contributed by atoms with E-state index in [0.29, 0.717) is 12.0 Å². The van der Waals surface area contributed by atoms with Gasteiger partial charge in [0.15, 0.2) is 0 Å². The van der Waals surface area contributed by atoms with Gasteiger partial charge in [-0.15, -0.1) is 0 Å². The van der Waals surface area contributed by atoms with E-state index in [0.717, 1.165) is 4.31 Å². The largest absolute Gasteiger partial charge is 0.481 e. The van der Waals surface area contributed by atoms with Gasteiger partial charge in [0.05, 0.1) is 5.92 Å². The third-order valence-corrected chi connectivity index (χ3v) is 5.86. The molecule has 21 heavy (non-hydrogen) atoms. The van der Waals surface area contributed by atoms with Gasteiger partial charge >= 0.3 is 5.97 Å². The number of halogens is 1. The van der Waals surface area contributed by atoms with Gasteiger partial charge in [-0.2, -0.15) is 4.31 Å². The number of sulfonamides is 1. The van der Waals surface area contributed by atoms with E-state index in [1.807, 2.05) is 0 Å². The summed E-state index contributed by atoms with van der Waals surface area (Å²) >= 11 is 0. The highest BCUT2D eigenvalue weighted by molar-refractivity contribution is 7.89. The first-order valence-electron chi connectivity index (χ1n) is 6.79. The Morgan fingerprint density at radius 1 is 1.48 bits per heavy atom. The fraction of sp³-hybridized carbons (Fsp3) is 0.500. The molecule has 1 heterocycles. The van der Waals surface area contributed by atoms with Crippen LogP contribution in [0.15, 0.2) is 23.1 Å². The number of carboxylic acids is 1. The lowest BCUT2D eigenvalue weighted by atomic mass is 9.99. The number of hydrogen-bond donors (Lipinski definition) is 1. The topological polar surface area (TPSA) is 74.7 Å². The lowest BCUT2D eigenvalue weighted by Crippen LogP contribution is -2.39. The second kappa shape index (κ2) is 5.73. The second-order valence-electron chi connectivity index (χ2n) is 5.26. The molecule has 1 N–H and O–H groups in total. The van der Waals surface area contributed by atoms with Crippen molar-refractivity contribution in [3.05, 3.63) is 29.6 Å². The van der Waals surface area contributed by atoms with Gasteiger partial charge in [0, 0.05) is 12.6 Å². The van der Waals surface area contributed by atoms with E-state index in [2.05, 4.69) is 0 Å². The number of rotatable bonds is 4. The molecular formula is C14H18FNO4S. The van der Waals surface area contributed by atoms with Crippen LogP contribution in [0.4, 0.5) is 4.39 Å². The molecule has 2 unspecified atom stereocenters. The van der Waals surface area contributed by atoms with Crippen LogP contribution < -0.4 is 0 Å². The van der Waals surface area contributed by atoms with Crippen LogP contribution in [-0.4, -0.2) is 36.4 Å². The molecule has 7 heteroatoms. The average Bonchev–Trinajstić information content (AvgIpc) is 2.82. The van der Waals surface area contributed by atoms with E-state index >= 15 is 0 Å². The molecule has 2 rings (SSSR count). The summed E-state index contributed by atoms with van der Waals surface area (Å²) in [7, 11) is -4.02. The number of aliphatic carboxylic acids is 1. The summed E-state index contributed by atoms with van der Waals surface area (Å²) in [4.78, 5) is 10.8. The van der Waals surface area contributed by atoms with Crippen molar-refractivity contribution in [1.29, 1.82) is 0 Å². The molecule has 0 spiro atoms. The molecule has 5 nitrogen and oxygen atoms in total. The van der Waals surface area contributed by atoms with Crippen molar-refractivity contribution in [1.82, 2.24) is 4.31 Å². The summed E-state index contributed by atoms with van der Waals surface area (Å²) in [6.45, 7) is 3.51. The Balaban J connectivity index is 2.42. The molecular weight excluding hydrogens is 297 g/mol. The van der Waals surface area contributed by atoms with Crippen LogP contribution in [0.5, 0.6) is 0 Å². The molecule has 0 amide bonds. The van der Waals surface area contributed by atoms with Gasteiger partial charge in [-0.25, -0.2) is 12.8 Å². The van der Waals surface area contributed by atoms with Crippen molar-refractivity contribution < 1.29 is 22.7 Å². The SMILES string of the molecule is CCC1C(C(=O)O)CCN1S(=O)(=O)c1ccc(C)cc1F. The van der Waals surface area contributed by atoms with Crippen LogP contribution in [0.3, 0.4) is 0 Å².